The lowest BCUT2D eigenvalue weighted by atomic mass is 10.2. The maximum atomic E-state index is 13.4. The maximum absolute atomic E-state index is 13.4. The Morgan fingerprint density at radius 3 is 1.54 bits per heavy atom. The molecule has 0 aliphatic carbocycles. The highest BCUT2D eigenvalue weighted by atomic mass is 127. The van der Waals surface area contributed by atoms with Crippen molar-refractivity contribution in [2.45, 2.75) is 52.5 Å². The van der Waals surface area contributed by atoms with Crippen molar-refractivity contribution in [2.24, 2.45) is 11.8 Å². The minimum absolute atomic E-state index is 0.0320. The van der Waals surface area contributed by atoms with Gasteiger partial charge in [-0.05, 0) is 38.8 Å². The van der Waals surface area contributed by atoms with E-state index in [1.165, 1.54) is 0 Å². The molecule has 7 nitrogen and oxygen atoms in total. The zero-order valence-corrected chi connectivity index (χ0v) is 26.4. The molecule has 0 radical (unpaired) electrons. The van der Waals surface area contributed by atoms with E-state index in [9.17, 15) is 8.96 Å². The summed E-state index contributed by atoms with van der Waals surface area (Å²) in [5, 5.41) is 0. The number of hydrogen-bond acceptors (Lipinski definition) is 7. The highest BCUT2D eigenvalue weighted by Gasteiger charge is 2.35. The average molecular weight is 682 g/mol. The summed E-state index contributed by atoms with van der Waals surface area (Å²) in [5.41, 5.74) is 1.91. The maximum Gasteiger partial charge on any atom is 0.331 e. The molecule has 0 atom stereocenters. The van der Waals surface area contributed by atoms with Crippen molar-refractivity contribution >= 4 is 30.2 Å². The highest BCUT2D eigenvalue weighted by Crippen LogP contribution is 2.51. The lowest BCUT2D eigenvalue weighted by Crippen LogP contribution is -2.40. The number of ether oxygens (including phenoxy) is 4. The Morgan fingerprint density at radius 2 is 1.18 bits per heavy atom. The molecule has 0 amide bonds. The van der Waals surface area contributed by atoms with Crippen LogP contribution in [0.5, 0.6) is 0 Å². The molecule has 0 saturated carbocycles. The van der Waals surface area contributed by atoms with Crippen molar-refractivity contribution in [3.63, 3.8) is 0 Å². The van der Waals surface area contributed by atoms with Gasteiger partial charge in [0.25, 0.3) is 0 Å². The summed E-state index contributed by atoms with van der Waals surface area (Å²) >= 11 is 2.36. The minimum Gasteiger partial charge on any atom is -0.350 e. The van der Waals surface area contributed by atoms with Crippen LogP contribution in [0.4, 0.5) is 4.39 Å². The van der Waals surface area contributed by atoms with Crippen LogP contribution in [-0.2, 0) is 45.8 Å². The molecule has 2 saturated heterocycles. The van der Waals surface area contributed by atoms with E-state index < -0.39 is 20.5 Å². The Balaban J connectivity index is 0.000000358. The molecule has 2 aromatic rings. The Kier molecular flexibility index (Phi) is 14.3. The van der Waals surface area contributed by atoms with Gasteiger partial charge in [0.15, 0.2) is 11.6 Å². The molecule has 4 rings (SSSR count). The van der Waals surface area contributed by atoms with Gasteiger partial charge in [0, 0.05) is 16.3 Å². The molecule has 2 aromatic carbocycles. The number of hydrogen-bond donors (Lipinski definition) is 0. The third kappa shape index (κ3) is 13.5. The summed E-state index contributed by atoms with van der Waals surface area (Å²) in [7, 11) is -4.32. The van der Waals surface area contributed by atoms with Crippen LogP contribution in [0.15, 0.2) is 60.7 Å². The van der Waals surface area contributed by atoms with E-state index in [1.54, 1.807) is 0 Å². The van der Waals surface area contributed by atoms with E-state index in [0.29, 0.717) is 19.1 Å². The van der Waals surface area contributed by atoms with E-state index >= 15 is 0 Å². The number of alkyl halides is 2. The molecule has 2 heterocycles. The highest BCUT2D eigenvalue weighted by molar-refractivity contribution is 14.1. The predicted molar refractivity (Wildman–Crippen MR) is 160 cm³/mol. The average Bonchev–Trinajstić information content (AvgIpc) is 2.94. The fourth-order valence-electron chi connectivity index (χ4n) is 3.60. The first-order valence-corrected chi connectivity index (χ1v) is 16.2. The standard InChI is InChI=1S/C21H27O5P.C7H13IO2.CH3F/c1-21(2)23-13-20(14-24-21)17-27(22,25-15-18-9-5-3-6-10-18)26-16-19-11-7-4-8-12-19;1-7(2)9-4-6(3-8)5-10-7;1-2/h3-12,20H,13-17H2,1-2H3;6H,3-5H2,1-2H3;1H3/i;;1D. The molecule has 39 heavy (non-hydrogen) atoms. The third-order valence-electron chi connectivity index (χ3n) is 5.91. The molecular formula is C29H43FIO7P. The SMILES string of the molecule is CC1(C)OCC(CI)CO1.CC1(C)OCC(CP(=O)(OCc2ccccc2)OCc2ccccc2)CO1.[2H]CF. The predicted octanol–water partition coefficient (Wildman–Crippen LogP) is 7.42. The molecule has 2 fully saturated rings. The number of benzene rings is 2. The van der Waals surface area contributed by atoms with Gasteiger partial charge >= 0.3 is 7.60 Å². The van der Waals surface area contributed by atoms with Gasteiger partial charge in [-0.15, -0.1) is 0 Å². The molecule has 0 bridgehead atoms. The third-order valence-corrected chi connectivity index (χ3v) is 9.16. The van der Waals surface area contributed by atoms with Crippen LogP contribution in [0.25, 0.3) is 0 Å². The van der Waals surface area contributed by atoms with E-state index in [1.807, 2.05) is 88.4 Å². The van der Waals surface area contributed by atoms with Crippen molar-refractivity contribution in [3.8, 4) is 0 Å². The second-order valence-corrected chi connectivity index (χ2v) is 13.2. The summed E-state index contributed by atoms with van der Waals surface area (Å²) in [4.78, 5) is 0. The summed E-state index contributed by atoms with van der Waals surface area (Å²) in [6, 6.07) is 19.4. The van der Waals surface area contributed by atoms with Crippen LogP contribution in [0.2, 0.25) is 0 Å². The molecule has 220 valence electrons. The number of halogens is 2. The largest absolute Gasteiger partial charge is 0.350 e. The Labute approximate surface area is 248 Å². The molecule has 0 spiro atoms. The van der Waals surface area contributed by atoms with Gasteiger partial charge in [-0.25, -0.2) is 0 Å². The van der Waals surface area contributed by atoms with Crippen LogP contribution in [-0.4, -0.2) is 55.7 Å². The van der Waals surface area contributed by atoms with E-state index in [-0.39, 0.29) is 31.1 Å². The fraction of sp³-hybridized carbons (Fsp3) is 0.586. The summed E-state index contributed by atoms with van der Waals surface area (Å²) in [5.74, 6) is -0.387. The first kappa shape index (κ1) is 32.6. The Hall–Kier alpha value is -0.910. The van der Waals surface area contributed by atoms with Gasteiger partial charge in [0.1, 0.15) is 0 Å². The van der Waals surface area contributed by atoms with Crippen molar-refractivity contribution in [2.75, 3.05) is 44.2 Å². The molecule has 10 heteroatoms. The van der Waals surface area contributed by atoms with Gasteiger partial charge in [-0.1, -0.05) is 83.3 Å². The van der Waals surface area contributed by atoms with Gasteiger partial charge in [0.05, 0.1) is 54.3 Å². The smallest absolute Gasteiger partial charge is 0.331 e. The van der Waals surface area contributed by atoms with Gasteiger partial charge < -0.3 is 28.0 Å². The number of rotatable bonds is 9. The molecule has 2 aliphatic heterocycles. The second kappa shape index (κ2) is 17.1. The normalized spacial score (nSPS) is 19.6. The summed E-state index contributed by atoms with van der Waals surface area (Å²) < 4.78 is 64.0. The van der Waals surface area contributed by atoms with Crippen molar-refractivity contribution in [1.82, 2.24) is 0 Å². The minimum atomic E-state index is -3.32. The molecule has 0 N–H and O–H groups in total. The van der Waals surface area contributed by atoms with Gasteiger partial charge in [0.2, 0.25) is 0 Å². The molecule has 2 aliphatic rings. The van der Waals surface area contributed by atoms with Crippen LogP contribution in [0, 0.1) is 11.8 Å². The summed E-state index contributed by atoms with van der Waals surface area (Å²) in [6.45, 7) is 10.8. The topological polar surface area (TPSA) is 72.5 Å². The first-order valence-electron chi connectivity index (χ1n) is 13.6. The lowest BCUT2D eigenvalue weighted by Gasteiger charge is -2.35. The second-order valence-electron chi connectivity index (χ2n) is 10.2. The zero-order chi connectivity index (χ0) is 29.5. The van der Waals surface area contributed by atoms with Crippen molar-refractivity contribution in [3.05, 3.63) is 71.8 Å². The van der Waals surface area contributed by atoms with Crippen LogP contribution in [0.1, 0.15) is 40.2 Å². The quantitative estimate of drug-likeness (QED) is 0.155. The van der Waals surface area contributed by atoms with E-state index in [2.05, 4.69) is 22.6 Å². The van der Waals surface area contributed by atoms with E-state index in [0.717, 1.165) is 28.8 Å². The van der Waals surface area contributed by atoms with E-state index in [4.69, 9.17) is 29.4 Å². The van der Waals surface area contributed by atoms with Gasteiger partial charge in [-0.2, -0.15) is 0 Å². The molecular weight excluding hydrogens is 637 g/mol. The molecule has 0 aromatic heterocycles. The monoisotopic (exact) mass is 681 g/mol. The Bertz CT molecular complexity index is 933. The van der Waals surface area contributed by atoms with Crippen LogP contribution in [0.3, 0.4) is 0 Å². The Morgan fingerprint density at radius 1 is 0.821 bits per heavy atom. The van der Waals surface area contributed by atoms with Crippen LogP contribution < -0.4 is 0 Å². The fourth-order valence-corrected chi connectivity index (χ4v) is 5.93. The van der Waals surface area contributed by atoms with Crippen LogP contribution >= 0.6 is 30.2 Å². The van der Waals surface area contributed by atoms with Crippen molar-refractivity contribution < 1.29 is 38.3 Å². The first-order chi connectivity index (χ1) is 19.0. The lowest BCUT2D eigenvalue weighted by molar-refractivity contribution is -0.259. The molecule has 0 unspecified atom stereocenters. The van der Waals surface area contributed by atoms with Gasteiger partial charge in [-0.3, -0.25) is 8.96 Å². The zero-order valence-electron chi connectivity index (χ0n) is 24.4. The summed E-state index contributed by atoms with van der Waals surface area (Å²) in [6.07, 6.45) is 0.267. The van der Waals surface area contributed by atoms with Crippen molar-refractivity contribution in [1.29, 1.82) is 0 Å².